The van der Waals surface area contributed by atoms with E-state index >= 15 is 0 Å². The van der Waals surface area contributed by atoms with Gasteiger partial charge in [-0.05, 0) is 0 Å². The molecule has 2 atom stereocenters. The Hall–Kier alpha value is 0.243. The molecule has 0 aliphatic heterocycles. The summed E-state index contributed by atoms with van der Waals surface area (Å²) in [5.41, 5.74) is 6.46. The third kappa shape index (κ3) is 9.11. The quantitative estimate of drug-likeness (QED) is 0.243. The van der Waals surface area contributed by atoms with Gasteiger partial charge in [-0.2, -0.15) is 0 Å². The first-order valence-electron chi connectivity index (χ1n) is 14.8. The zero-order chi connectivity index (χ0) is 26.4. The molecule has 2 aliphatic rings. The zero-order valence-electron chi connectivity index (χ0n) is 24.9. The monoisotopic (exact) mass is 678 g/mol. The molecule has 212 valence electrons. The van der Waals surface area contributed by atoms with Crippen molar-refractivity contribution in [1.82, 2.24) is 0 Å². The van der Waals surface area contributed by atoms with Gasteiger partial charge in [0.2, 0.25) is 0 Å². The Morgan fingerprint density at radius 2 is 1.05 bits per heavy atom. The summed E-state index contributed by atoms with van der Waals surface area (Å²) >= 11 is -0.836. The largest absolute Gasteiger partial charge is 1.00 e. The Morgan fingerprint density at radius 3 is 1.46 bits per heavy atom. The average Bonchev–Trinajstić information content (AvgIpc) is 3.42. The summed E-state index contributed by atoms with van der Waals surface area (Å²) in [5, 5.41) is 3.77. The van der Waals surface area contributed by atoms with E-state index in [1.807, 2.05) is 10.6 Å². The summed E-state index contributed by atoms with van der Waals surface area (Å²) in [7, 11) is -0.0874. The van der Waals surface area contributed by atoms with E-state index < -0.39 is 23.2 Å². The van der Waals surface area contributed by atoms with Gasteiger partial charge in [-0.1, -0.05) is 0 Å². The van der Waals surface area contributed by atoms with Crippen LogP contribution in [0.25, 0.3) is 12.2 Å². The molecule has 0 heterocycles. The van der Waals surface area contributed by atoms with Crippen molar-refractivity contribution in [2.45, 2.75) is 74.5 Å². The minimum absolute atomic E-state index is 0. The molecule has 0 saturated carbocycles. The molecule has 0 amide bonds. The first-order valence-corrected chi connectivity index (χ1v) is 21.1. The van der Waals surface area contributed by atoms with Crippen LogP contribution >= 0.6 is 15.8 Å². The Bertz CT molecular complexity index is 1080. The summed E-state index contributed by atoms with van der Waals surface area (Å²) < 4.78 is 1.51. The summed E-state index contributed by atoms with van der Waals surface area (Å²) in [6, 6.07) is 18.9. The van der Waals surface area contributed by atoms with Gasteiger partial charge in [-0.25, -0.2) is 0 Å². The molecule has 0 fully saturated rings. The molecular weight excluding hydrogens is 632 g/mol. The minimum Gasteiger partial charge on any atom is -1.00 e. The maximum absolute atomic E-state index is 2.69. The molecule has 39 heavy (non-hydrogen) atoms. The second-order valence-electron chi connectivity index (χ2n) is 11.8. The number of rotatable bonds is 14. The normalized spacial score (nSPS) is 17.5. The van der Waals surface area contributed by atoms with Crippen molar-refractivity contribution in [2.75, 3.05) is 24.6 Å². The second-order valence-corrected chi connectivity index (χ2v) is 20.3. The Morgan fingerprint density at radius 1 is 0.641 bits per heavy atom. The van der Waals surface area contributed by atoms with E-state index in [1.54, 1.807) is 22.3 Å². The van der Waals surface area contributed by atoms with Crippen molar-refractivity contribution in [1.29, 1.82) is 0 Å². The molecule has 0 spiro atoms. The number of hydrogen-bond acceptors (Lipinski definition) is 0. The van der Waals surface area contributed by atoms with Crippen molar-refractivity contribution >= 4 is 28.0 Å². The number of halogens is 2. The molecule has 2 aliphatic carbocycles. The van der Waals surface area contributed by atoms with Crippen LogP contribution in [0.5, 0.6) is 0 Å². The summed E-state index contributed by atoms with van der Waals surface area (Å²) in [5.74, 6) is 1.55. The fourth-order valence-electron chi connectivity index (χ4n) is 5.91. The van der Waals surface area contributed by atoms with Crippen LogP contribution in [-0.4, -0.2) is 24.6 Å². The molecule has 0 N–H and O–H groups in total. The molecule has 0 saturated heterocycles. The molecule has 0 radical (unpaired) electrons. The first kappa shape index (κ1) is 35.4. The molecule has 2 aromatic rings. The third-order valence-corrected chi connectivity index (χ3v) is 19.8. The standard InChI is InChI=1S/2C17H24P.2ClH.Zr/c1-13(2)11-18(12-14(3)4)17-9-15-7-5-6-8-16(15)10-17;1-3-5-11-18(12-6-4-2)17-13-15-9-7-8-10-16(15)14-17;;;/h5-10,13-14H,11-12H2,1-4H3;7-10,13-14H,3-6,11-12H2,1-2H3;2*1H;/q;;;;+2/p-2. The maximum atomic E-state index is 2.69. The fraction of sp³-hybridized carbons (Fsp3) is 0.529. The smallest absolute Gasteiger partial charge is 1.00 e. The number of fused-ring (bicyclic) bond motifs is 2. The van der Waals surface area contributed by atoms with E-state index in [1.165, 1.54) is 50.3 Å². The SMILES string of the molecule is CCCCP(CCCC)C1=Cc2ccccc2[CH]1[Zr+2][CH]1C(P(CC(C)C)CC(C)C)=Cc2ccccc21.[Cl-].[Cl-]. The number of hydrogen-bond donors (Lipinski definition) is 0. The van der Waals surface area contributed by atoms with Gasteiger partial charge < -0.3 is 24.8 Å². The van der Waals surface area contributed by atoms with Crippen LogP contribution in [0, 0.1) is 11.8 Å². The molecule has 0 aromatic heterocycles. The van der Waals surface area contributed by atoms with Crippen LogP contribution < -0.4 is 24.8 Å². The van der Waals surface area contributed by atoms with Gasteiger partial charge in [0.25, 0.3) is 0 Å². The van der Waals surface area contributed by atoms with Crippen molar-refractivity contribution in [3.8, 4) is 0 Å². The molecule has 5 heteroatoms. The predicted molar refractivity (Wildman–Crippen MR) is 167 cm³/mol. The first-order chi connectivity index (χ1) is 17.9. The van der Waals surface area contributed by atoms with Gasteiger partial charge in [0.1, 0.15) is 0 Å². The van der Waals surface area contributed by atoms with Gasteiger partial charge >= 0.3 is 244 Å². The molecule has 0 nitrogen and oxygen atoms in total. The van der Waals surface area contributed by atoms with E-state index in [4.69, 9.17) is 0 Å². The van der Waals surface area contributed by atoms with Crippen LogP contribution in [-0.2, 0) is 23.2 Å². The maximum Gasteiger partial charge on any atom is -1.00 e. The topological polar surface area (TPSA) is 0 Å². The number of benzene rings is 2. The van der Waals surface area contributed by atoms with Crippen molar-refractivity contribution < 1.29 is 48.0 Å². The van der Waals surface area contributed by atoms with E-state index in [9.17, 15) is 0 Å². The van der Waals surface area contributed by atoms with Crippen LogP contribution in [0.2, 0.25) is 0 Å². The second kappa shape index (κ2) is 17.4. The van der Waals surface area contributed by atoms with Crippen LogP contribution in [0.3, 0.4) is 0 Å². The van der Waals surface area contributed by atoms with Crippen LogP contribution in [0.1, 0.15) is 96.7 Å². The number of unbranched alkanes of at least 4 members (excludes halogenated alkanes) is 2. The van der Waals surface area contributed by atoms with E-state index in [2.05, 4.69) is 102 Å². The van der Waals surface area contributed by atoms with Gasteiger partial charge in [-0.3, -0.25) is 0 Å². The van der Waals surface area contributed by atoms with Crippen molar-refractivity contribution in [3.63, 3.8) is 0 Å². The van der Waals surface area contributed by atoms with E-state index in [0.717, 1.165) is 19.1 Å². The van der Waals surface area contributed by atoms with E-state index in [-0.39, 0.29) is 40.7 Å². The predicted octanol–water partition coefficient (Wildman–Crippen LogP) is 5.14. The number of allylic oxidation sites excluding steroid dienone is 2. The fourth-order valence-corrected chi connectivity index (χ4v) is 19.9. The third-order valence-electron chi connectivity index (χ3n) is 7.61. The molecule has 2 aromatic carbocycles. The Labute approximate surface area is 266 Å². The summed E-state index contributed by atoms with van der Waals surface area (Å²) in [6.45, 7) is 14.5. The van der Waals surface area contributed by atoms with Crippen LogP contribution in [0.15, 0.2) is 59.2 Å². The Balaban J connectivity index is 0.00000267. The Kier molecular flexibility index (Phi) is 15.8. The molecule has 0 bridgehead atoms. The van der Waals surface area contributed by atoms with Crippen molar-refractivity contribution in [2.24, 2.45) is 11.8 Å². The summed E-state index contributed by atoms with van der Waals surface area (Å²) in [6.07, 6.45) is 16.5. The van der Waals surface area contributed by atoms with Crippen LogP contribution in [0.4, 0.5) is 0 Å². The van der Waals surface area contributed by atoms with Gasteiger partial charge in [0.15, 0.2) is 0 Å². The molecular formula is C34H48Cl2P2Zr. The van der Waals surface area contributed by atoms with Crippen molar-refractivity contribution in [3.05, 3.63) is 81.4 Å². The zero-order valence-corrected chi connectivity index (χ0v) is 30.6. The summed E-state index contributed by atoms with van der Waals surface area (Å²) in [4.78, 5) is 0. The van der Waals surface area contributed by atoms with Gasteiger partial charge in [0.05, 0.1) is 0 Å². The molecule has 4 rings (SSSR count). The molecule has 2 unspecified atom stereocenters. The minimum atomic E-state index is -0.836. The average molecular weight is 681 g/mol. The van der Waals surface area contributed by atoms with Gasteiger partial charge in [0, 0.05) is 0 Å². The van der Waals surface area contributed by atoms with Gasteiger partial charge in [-0.15, -0.1) is 0 Å². The van der Waals surface area contributed by atoms with E-state index in [0.29, 0.717) is 0 Å².